The minimum Gasteiger partial charge on any atom is -0.460 e. The maximum Gasteiger partial charge on any atom is 0.338 e. The highest BCUT2D eigenvalue weighted by molar-refractivity contribution is 5.96. The Kier molecular flexibility index (Phi) is 6.08. The van der Waals surface area contributed by atoms with Gasteiger partial charge < -0.3 is 20.5 Å². The molecule has 164 valence electrons. The Morgan fingerprint density at radius 3 is 2.66 bits per heavy atom. The van der Waals surface area contributed by atoms with Crippen LogP contribution in [-0.2, 0) is 9.47 Å². The number of aromatic nitrogens is 2. The van der Waals surface area contributed by atoms with E-state index in [2.05, 4.69) is 20.3 Å². The molecule has 0 amide bonds. The van der Waals surface area contributed by atoms with Gasteiger partial charge in [0.1, 0.15) is 6.61 Å². The van der Waals surface area contributed by atoms with Crippen molar-refractivity contribution in [2.45, 2.75) is 0 Å². The summed E-state index contributed by atoms with van der Waals surface area (Å²) in [6.45, 7) is 1.05. The summed E-state index contributed by atoms with van der Waals surface area (Å²) in [5.74, 6) is -0.433. The second-order valence-electron chi connectivity index (χ2n) is 6.85. The summed E-state index contributed by atoms with van der Waals surface area (Å²) >= 11 is 0. The Morgan fingerprint density at radius 1 is 1.03 bits per heavy atom. The molecular formula is C21H19N5O6. The zero-order valence-corrected chi connectivity index (χ0v) is 16.8. The third-order valence-electron chi connectivity index (χ3n) is 4.71. The Morgan fingerprint density at radius 2 is 1.81 bits per heavy atom. The van der Waals surface area contributed by atoms with Gasteiger partial charge in [0.25, 0.3) is 0 Å². The molecule has 11 nitrogen and oxygen atoms in total. The van der Waals surface area contributed by atoms with Crippen LogP contribution in [0.2, 0.25) is 0 Å². The van der Waals surface area contributed by atoms with Crippen LogP contribution < -0.4 is 11.1 Å². The summed E-state index contributed by atoms with van der Waals surface area (Å²) in [7, 11) is 0. The molecule has 0 bridgehead atoms. The molecule has 32 heavy (non-hydrogen) atoms. The summed E-state index contributed by atoms with van der Waals surface area (Å²) in [5, 5.41) is 23.2. The van der Waals surface area contributed by atoms with Gasteiger partial charge >= 0.3 is 11.7 Å². The van der Waals surface area contributed by atoms with Crippen molar-refractivity contribution in [1.29, 1.82) is 0 Å². The molecule has 0 spiro atoms. The molecule has 0 radical (unpaired) electrons. The van der Waals surface area contributed by atoms with Gasteiger partial charge in [0.15, 0.2) is 5.52 Å². The lowest BCUT2D eigenvalue weighted by atomic mass is 10.1. The van der Waals surface area contributed by atoms with Gasteiger partial charge in [-0.15, -0.1) is 0 Å². The number of rotatable bonds is 9. The van der Waals surface area contributed by atoms with Crippen molar-refractivity contribution in [3.05, 3.63) is 64.2 Å². The number of hydrogen-bond donors (Lipinski definition) is 2. The topological polar surface area (TPSA) is 156 Å². The number of nitrogens with zero attached hydrogens (tertiary/aromatic N) is 3. The molecule has 0 atom stereocenters. The van der Waals surface area contributed by atoms with Crippen LogP contribution in [0.1, 0.15) is 10.4 Å². The van der Waals surface area contributed by atoms with Gasteiger partial charge in [-0.25, -0.2) is 9.42 Å². The van der Waals surface area contributed by atoms with Crippen molar-refractivity contribution in [2.75, 3.05) is 37.4 Å². The number of ether oxygens (including phenoxy) is 2. The van der Waals surface area contributed by atoms with Crippen LogP contribution in [0.15, 0.2) is 53.2 Å². The van der Waals surface area contributed by atoms with Gasteiger partial charge in [-0.1, -0.05) is 12.1 Å². The lowest BCUT2D eigenvalue weighted by Gasteiger charge is -2.09. The fourth-order valence-corrected chi connectivity index (χ4v) is 3.17. The molecule has 3 aromatic carbocycles. The number of nitrogens with one attached hydrogen (secondary N) is 1. The molecular weight excluding hydrogens is 418 g/mol. The molecule has 1 aromatic heterocycles. The first kappa shape index (κ1) is 21.0. The molecule has 4 aromatic rings. The van der Waals surface area contributed by atoms with Crippen LogP contribution in [0.3, 0.4) is 0 Å². The van der Waals surface area contributed by atoms with Crippen LogP contribution >= 0.6 is 0 Å². The van der Waals surface area contributed by atoms with E-state index in [-0.39, 0.29) is 29.9 Å². The van der Waals surface area contributed by atoms with Gasteiger partial charge in [-0.05, 0) is 51.4 Å². The van der Waals surface area contributed by atoms with E-state index in [9.17, 15) is 14.9 Å². The largest absolute Gasteiger partial charge is 0.460 e. The highest BCUT2D eigenvalue weighted by atomic mass is 16.6. The summed E-state index contributed by atoms with van der Waals surface area (Å²) in [6, 6.07) is 13.6. The summed E-state index contributed by atoms with van der Waals surface area (Å²) in [5.41, 5.74) is 7.58. The molecule has 0 unspecified atom stereocenters. The molecule has 0 fully saturated rings. The normalized spacial score (nSPS) is 11.0. The van der Waals surface area contributed by atoms with E-state index in [1.54, 1.807) is 18.2 Å². The number of nitro benzene ring substituents is 1. The Labute approximate surface area is 181 Å². The molecule has 0 saturated heterocycles. The maximum atomic E-state index is 12.2. The number of non-ortho nitro benzene ring substituents is 1. The molecule has 0 saturated carbocycles. The number of nitrogen functional groups attached to an aromatic ring is 1. The van der Waals surface area contributed by atoms with E-state index >= 15 is 0 Å². The average molecular weight is 437 g/mol. The predicted octanol–water partition coefficient (Wildman–Crippen LogP) is 3.15. The molecule has 0 aliphatic carbocycles. The zero-order chi connectivity index (χ0) is 22.5. The molecule has 4 rings (SSSR count). The van der Waals surface area contributed by atoms with E-state index in [4.69, 9.17) is 15.2 Å². The van der Waals surface area contributed by atoms with Crippen LogP contribution in [0, 0.1) is 10.1 Å². The minimum atomic E-state index is -0.547. The fourth-order valence-electron chi connectivity index (χ4n) is 3.17. The zero-order valence-electron chi connectivity index (χ0n) is 16.8. The first-order valence-electron chi connectivity index (χ1n) is 9.70. The highest BCUT2D eigenvalue weighted by Crippen LogP contribution is 2.28. The number of fused-ring (bicyclic) bond motifs is 2. The first-order chi connectivity index (χ1) is 15.5. The lowest BCUT2D eigenvalue weighted by molar-refractivity contribution is -0.383. The van der Waals surface area contributed by atoms with E-state index in [1.165, 1.54) is 12.1 Å². The van der Waals surface area contributed by atoms with Crippen molar-refractivity contribution in [1.82, 2.24) is 10.3 Å². The van der Waals surface area contributed by atoms with Crippen molar-refractivity contribution >= 4 is 44.8 Å². The third-order valence-corrected chi connectivity index (χ3v) is 4.71. The summed E-state index contributed by atoms with van der Waals surface area (Å²) < 4.78 is 15.3. The smallest absolute Gasteiger partial charge is 0.338 e. The Balaban J connectivity index is 1.20. The van der Waals surface area contributed by atoms with E-state index in [0.717, 1.165) is 10.8 Å². The summed E-state index contributed by atoms with van der Waals surface area (Å²) in [4.78, 5) is 22.7. The second kappa shape index (κ2) is 9.27. The van der Waals surface area contributed by atoms with E-state index in [1.807, 2.05) is 18.2 Å². The number of benzene rings is 3. The van der Waals surface area contributed by atoms with E-state index < -0.39 is 10.9 Å². The lowest BCUT2D eigenvalue weighted by Crippen LogP contribution is -2.15. The van der Waals surface area contributed by atoms with Crippen molar-refractivity contribution in [3.63, 3.8) is 0 Å². The molecule has 11 heteroatoms. The van der Waals surface area contributed by atoms with Crippen LogP contribution in [-0.4, -0.2) is 47.6 Å². The SMILES string of the molecule is Nc1ccc2cc(C(=O)OCCOCCNc3ccc([N+](=O)[O-])c4nonc34)ccc2c1. The number of esters is 1. The van der Waals surface area contributed by atoms with Gasteiger partial charge in [-0.3, -0.25) is 10.1 Å². The number of anilines is 2. The third kappa shape index (κ3) is 4.57. The van der Waals surface area contributed by atoms with Crippen molar-refractivity contribution < 1.29 is 23.8 Å². The summed E-state index contributed by atoms with van der Waals surface area (Å²) in [6.07, 6.45) is 0. The number of nitrogens with two attached hydrogens (primary N) is 1. The van der Waals surface area contributed by atoms with Crippen LogP contribution in [0.25, 0.3) is 21.8 Å². The maximum absolute atomic E-state index is 12.2. The van der Waals surface area contributed by atoms with Crippen LogP contribution in [0.5, 0.6) is 0 Å². The first-order valence-corrected chi connectivity index (χ1v) is 9.70. The monoisotopic (exact) mass is 437 g/mol. The van der Waals surface area contributed by atoms with Crippen molar-refractivity contribution in [2.24, 2.45) is 0 Å². The number of carbonyl (C=O) groups excluding carboxylic acids is 1. The van der Waals surface area contributed by atoms with Gasteiger partial charge in [0.05, 0.1) is 29.4 Å². The quantitative estimate of drug-likeness (QED) is 0.131. The number of nitro groups is 1. The number of hydrogen-bond acceptors (Lipinski definition) is 10. The second-order valence-corrected chi connectivity index (χ2v) is 6.85. The average Bonchev–Trinajstić information content (AvgIpc) is 3.28. The van der Waals surface area contributed by atoms with Crippen LogP contribution in [0.4, 0.5) is 17.1 Å². The van der Waals surface area contributed by atoms with Gasteiger partial charge in [0, 0.05) is 18.3 Å². The van der Waals surface area contributed by atoms with E-state index in [0.29, 0.717) is 30.1 Å². The predicted molar refractivity (Wildman–Crippen MR) is 116 cm³/mol. The molecule has 0 aliphatic rings. The highest BCUT2D eigenvalue weighted by Gasteiger charge is 2.19. The minimum absolute atomic E-state index is 0.0741. The van der Waals surface area contributed by atoms with Crippen molar-refractivity contribution in [3.8, 4) is 0 Å². The van der Waals surface area contributed by atoms with Gasteiger partial charge in [-0.2, -0.15) is 0 Å². The standard InChI is InChI=1S/C21H19N5O6/c22-16-4-3-13-11-15(2-1-14(13)12-16)21(27)31-10-9-30-8-7-23-17-5-6-18(26(28)29)20-19(17)24-32-25-20/h1-6,11-12,23H,7-10,22H2. The Hall–Kier alpha value is -4.25. The number of carbonyl (C=O) groups is 1. The fraction of sp³-hybridized carbons (Fsp3) is 0.190. The molecule has 0 aliphatic heterocycles. The Bertz CT molecular complexity index is 1290. The molecule has 3 N–H and O–H groups in total. The molecule has 1 heterocycles. The van der Waals surface area contributed by atoms with Gasteiger partial charge in [0.2, 0.25) is 5.52 Å².